The maximum Gasteiger partial charge on any atom is 0.385 e. The van der Waals surface area contributed by atoms with E-state index in [9.17, 15) is 4.79 Å². The van der Waals surface area contributed by atoms with Crippen LogP contribution in [0.2, 0.25) is 0 Å². The van der Waals surface area contributed by atoms with E-state index in [-0.39, 0.29) is 6.61 Å². The van der Waals surface area contributed by atoms with Gasteiger partial charge in [-0.3, -0.25) is 0 Å². The molecule has 126 valence electrons. The third kappa shape index (κ3) is 18.0. The smallest absolute Gasteiger partial charge is 0.385 e. The molecule has 0 fully saturated rings. The second-order valence-corrected chi connectivity index (χ2v) is 4.26. The van der Waals surface area contributed by atoms with Gasteiger partial charge in [-0.2, -0.15) is 0 Å². The van der Waals surface area contributed by atoms with Gasteiger partial charge < -0.3 is 18.9 Å². The third-order valence-electron chi connectivity index (χ3n) is 2.39. The van der Waals surface area contributed by atoms with Gasteiger partial charge in [0.25, 0.3) is 0 Å². The SMILES string of the molecule is CC#CC(=O)OCC#CCOCCCCCOCC#CCOC. The Morgan fingerprint density at radius 3 is 1.96 bits per heavy atom. The minimum absolute atomic E-state index is 0.0431. The summed E-state index contributed by atoms with van der Waals surface area (Å²) in [5.74, 6) is 15.3. The van der Waals surface area contributed by atoms with Gasteiger partial charge in [-0.25, -0.2) is 4.79 Å². The highest BCUT2D eigenvalue weighted by atomic mass is 16.5. The Bertz CT molecular complexity index is 479. The van der Waals surface area contributed by atoms with Gasteiger partial charge in [-0.15, -0.1) is 0 Å². The van der Waals surface area contributed by atoms with Crippen LogP contribution in [0.1, 0.15) is 26.2 Å². The molecule has 0 bridgehead atoms. The molecule has 5 heteroatoms. The molecule has 0 radical (unpaired) electrons. The number of rotatable bonds is 10. The zero-order valence-electron chi connectivity index (χ0n) is 13.9. The zero-order chi connectivity index (χ0) is 17.0. The molecular weight excluding hydrogens is 296 g/mol. The van der Waals surface area contributed by atoms with Crippen molar-refractivity contribution in [3.63, 3.8) is 0 Å². The number of carbonyl (C=O) groups excluding carboxylic acids is 1. The molecule has 23 heavy (non-hydrogen) atoms. The van der Waals surface area contributed by atoms with E-state index >= 15 is 0 Å². The number of ether oxygens (including phenoxy) is 4. The van der Waals surface area contributed by atoms with Crippen LogP contribution in [-0.4, -0.2) is 52.7 Å². The molecule has 0 rings (SSSR count). The van der Waals surface area contributed by atoms with Crippen molar-refractivity contribution in [2.24, 2.45) is 0 Å². The fraction of sp³-hybridized carbons (Fsp3) is 0.611. The van der Waals surface area contributed by atoms with Crippen molar-refractivity contribution in [3.8, 4) is 35.5 Å². The number of hydrogen-bond acceptors (Lipinski definition) is 5. The van der Waals surface area contributed by atoms with Crippen LogP contribution >= 0.6 is 0 Å². The molecule has 0 aromatic carbocycles. The Balaban J connectivity index is 3.26. The van der Waals surface area contributed by atoms with Gasteiger partial charge in [0.2, 0.25) is 0 Å². The number of methoxy groups -OCH3 is 1. The number of unbranched alkanes of at least 4 members (excludes halogenated alkanes) is 2. The lowest BCUT2D eigenvalue weighted by molar-refractivity contribution is -0.135. The predicted molar refractivity (Wildman–Crippen MR) is 87.3 cm³/mol. The standard InChI is InChI=1S/C18H24O5/c1-3-11-18(19)23-17-10-9-16-22-14-6-4-5-13-21-15-8-7-12-20-2/h4-6,12-17H2,1-2H3. The van der Waals surface area contributed by atoms with E-state index in [1.807, 2.05) is 0 Å². The molecule has 0 saturated heterocycles. The summed E-state index contributed by atoms with van der Waals surface area (Å²) in [7, 11) is 1.61. The molecule has 0 unspecified atom stereocenters. The first-order valence-corrected chi connectivity index (χ1v) is 7.46. The van der Waals surface area contributed by atoms with E-state index in [1.54, 1.807) is 14.0 Å². The van der Waals surface area contributed by atoms with E-state index in [0.29, 0.717) is 33.0 Å². The van der Waals surface area contributed by atoms with Crippen LogP contribution in [0.5, 0.6) is 0 Å². The lowest BCUT2D eigenvalue weighted by Gasteiger charge is -2.01. The van der Waals surface area contributed by atoms with Gasteiger partial charge in [-0.05, 0) is 26.2 Å². The first-order chi connectivity index (χ1) is 11.3. The van der Waals surface area contributed by atoms with Crippen molar-refractivity contribution in [3.05, 3.63) is 0 Å². The predicted octanol–water partition coefficient (Wildman–Crippen LogP) is 1.41. The number of carbonyl (C=O) groups is 1. The largest absolute Gasteiger partial charge is 0.443 e. The van der Waals surface area contributed by atoms with Crippen LogP contribution in [-0.2, 0) is 23.7 Å². The van der Waals surface area contributed by atoms with Gasteiger partial charge in [-0.1, -0.05) is 29.6 Å². The molecule has 0 saturated carbocycles. The quantitative estimate of drug-likeness (QED) is 0.264. The van der Waals surface area contributed by atoms with Crippen LogP contribution in [0, 0.1) is 35.5 Å². The molecule has 5 nitrogen and oxygen atoms in total. The molecule has 0 aliphatic carbocycles. The molecular formula is C18H24O5. The highest BCUT2D eigenvalue weighted by Gasteiger charge is 1.92. The van der Waals surface area contributed by atoms with E-state index in [4.69, 9.17) is 18.9 Å². The highest BCUT2D eigenvalue weighted by molar-refractivity contribution is 5.88. The van der Waals surface area contributed by atoms with E-state index in [1.165, 1.54) is 0 Å². The lowest BCUT2D eigenvalue weighted by Crippen LogP contribution is -2.01. The zero-order valence-corrected chi connectivity index (χ0v) is 13.9. The van der Waals surface area contributed by atoms with Gasteiger partial charge in [0.05, 0.1) is 0 Å². The maximum absolute atomic E-state index is 10.9. The fourth-order valence-electron chi connectivity index (χ4n) is 1.35. The van der Waals surface area contributed by atoms with Crippen molar-refractivity contribution in [1.29, 1.82) is 0 Å². The molecule has 0 aliphatic rings. The third-order valence-corrected chi connectivity index (χ3v) is 2.39. The second-order valence-electron chi connectivity index (χ2n) is 4.26. The van der Waals surface area contributed by atoms with E-state index in [0.717, 1.165) is 19.3 Å². The average molecular weight is 320 g/mol. The molecule has 0 aliphatic heterocycles. The first-order valence-electron chi connectivity index (χ1n) is 7.46. The van der Waals surface area contributed by atoms with Gasteiger partial charge >= 0.3 is 5.97 Å². The summed E-state index contributed by atoms with van der Waals surface area (Å²) in [6.45, 7) is 4.20. The Labute approximate surface area is 139 Å². The second kappa shape index (κ2) is 18.1. The highest BCUT2D eigenvalue weighted by Crippen LogP contribution is 1.96. The summed E-state index contributed by atoms with van der Waals surface area (Å²) in [5.41, 5.74) is 0. The molecule has 0 aromatic heterocycles. The van der Waals surface area contributed by atoms with Crippen LogP contribution in [0.25, 0.3) is 0 Å². The van der Waals surface area contributed by atoms with Gasteiger partial charge in [0, 0.05) is 26.2 Å². The van der Waals surface area contributed by atoms with E-state index in [2.05, 4.69) is 35.5 Å². The van der Waals surface area contributed by atoms with Crippen molar-refractivity contribution in [2.75, 3.05) is 46.8 Å². The average Bonchev–Trinajstić information content (AvgIpc) is 2.54. The van der Waals surface area contributed by atoms with Crippen molar-refractivity contribution >= 4 is 5.97 Å². The maximum atomic E-state index is 10.9. The summed E-state index contributed by atoms with van der Waals surface area (Å²) in [6, 6.07) is 0. The number of hydrogen-bond donors (Lipinski definition) is 0. The van der Waals surface area contributed by atoms with Crippen LogP contribution in [0.3, 0.4) is 0 Å². The molecule has 0 heterocycles. The molecule has 0 aromatic rings. The molecule has 0 amide bonds. The molecule has 0 N–H and O–H groups in total. The summed E-state index contributed by atoms with van der Waals surface area (Å²) in [6.07, 6.45) is 2.98. The summed E-state index contributed by atoms with van der Waals surface area (Å²) in [5, 5.41) is 0. The van der Waals surface area contributed by atoms with Gasteiger partial charge in [0.15, 0.2) is 6.61 Å². The van der Waals surface area contributed by atoms with Crippen LogP contribution < -0.4 is 0 Å². The minimum Gasteiger partial charge on any atom is -0.443 e. The van der Waals surface area contributed by atoms with Crippen molar-refractivity contribution < 1.29 is 23.7 Å². The van der Waals surface area contributed by atoms with E-state index < -0.39 is 5.97 Å². The number of esters is 1. The first kappa shape index (κ1) is 21.0. The van der Waals surface area contributed by atoms with Crippen molar-refractivity contribution in [1.82, 2.24) is 0 Å². The Kier molecular flexibility index (Phi) is 16.5. The normalized spacial score (nSPS) is 8.78. The molecule has 0 atom stereocenters. The van der Waals surface area contributed by atoms with Crippen LogP contribution in [0.15, 0.2) is 0 Å². The Morgan fingerprint density at radius 1 is 0.826 bits per heavy atom. The topological polar surface area (TPSA) is 54.0 Å². The van der Waals surface area contributed by atoms with Gasteiger partial charge in [0.1, 0.15) is 19.8 Å². The van der Waals surface area contributed by atoms with Crippen molar-refractivity contribution in [2.45, 2.75) is 26.2 Å². The molecule has 0 spiro atoms. The lowest BCUT2D eigenvalue weighted by atomic mass is 10.2. The monoisotopic (exact) mass is 320 g/mol. The van der Waals surface area contributed by atoms with Crippen LogP contribution in [0.4, 0.5) is 0 Å². The summed E-state index contributed by atoms with van der Waals surface area (Å²) >= 11 is 0. The summed E-state index contributed by atoms with van der Waals surface area (Å²) in [4.78, 5) is 10.9. The Morgan fingerprint density at radius 2 is 1.39 bits per heavy atom. The minimum atomic E-state index is -0.561. The Hall–Kier alpha value is -1.97. The summed E-state index contributed by atoms with van der Waals surface area (Å²) < 4.78 is 20.2. The fourth-order valence-corrected chi connectivity index (χ4v) is 1.35.